The van der Waals surface area contributed by atoms with Crippen molar-refractivity contribution < 1.29 is 19.1 Å². The van der Waals surface area contributed by atoms with Gasteiger partial charge in [0.1, 0.15) is 23.0 Å². The van der Waals surface area contributed by atoms with Gasteiger partial charge in [-0.25, -0.2) is 8.78 Å². The first-order chi connectivity index (χ1) is 19.4. The second-order valence-corrected chi connectivity index (χ2v) is 11.9. The van der Waals surface area contributed by atoms with Gasteiger partial charge in [-0.05, 0) is 66.3 Å². The van der Waals surface area contributed by atoms with E-state index in [4.69, 9.17) is 0 Å². The monoisotopic (exact) mass is 568 g/mol. The molecule has 1 fully saturated rings. The van der Waals surface area contributed by atoms with Crippen LogP contribution >= 0.6 is 0 Å². The predicted molar refractivity (Wildman–Crippen MR) is 157 cm³/mol. The standard InChI is InChI=1S/C31H38F2N4O4/c1-30(2,3)19-6-5-7-20(15-19)31(10-8-23(37-41)9-11-31)35-17-25(38)24(14-18-12-21(32)16-22(33)13-18)36-27-26(34-4)28(39)29(27)40/h5-7,12-13,15-16,24-25,34-36,38,41H,8-11,14,17H2,1-4H3. The third-order valence-corrected chi connectivity index (χ3v) is 8.09. The molecule has 10 heteroatoms. The van der Waals surface area contributed by atoms with E-state index in [1.165, 1.54) is 19.2 Å². The van der Waals surface area contributed by atoms with Gasteiger partial charge in [0, 0.05) is 25.2 Å². The van der Waals surface area contributed by atoms with E-state index in [1.54, 1.807) is 0 Å². The quantitative estimate of drug-likeness (QED) is 0.141. The fourth-order valence-electron chi connectivity index (χ4n) is 5.58. The van der Waals surface area contributed by atoms with Gasteiger partial charge in [0.15, 0.2) is 0 Å². The van der Waals surface area contributed by atoms with Crippen LogP contribution in [-0.2, 0) is 17.4 Å². The third kappa shape index (κ3) is 6.65. The molecule has 0 amide bonds. The Bertz CT molecular complexity index is 1460. The van der Waals surface area contributed by atoms with Crippen molar-refractivity contribution in [2.75, 3.05) is 24.2 Å². The van der Waals surface area contributed by atoms with E-state index in [2.05, 4.69) is 54.0 Å². The number of aliphatic hydroxyl groups excluding tert-OH is 1. The van der Waals surface area contributed by atoms with Crippen LogP contribution in [0.5, 0.6) is 0 Å². The summed E-state index contributed by atoms with van der Waals surface area (Å²) in [6.45, 7) is 6.49. The Hall–Kier alpha value is -3.63. The Labute approximate surface area is 238 Å². The lowest BCUT2D eigenvalue weighted by Gasteiger charge is -2.41. The Morgan fingerprint density at radius 1 is 1.00 bits per heavy atom. The molecule has 0 radical (unpaired) electrons. The van der Waals surface area contributed by atoms with Gasteiger partial charge in [0.2, 0.25) is 0 Å². The summed E-state index contributed by atoms with van der Waals surface area (Å²) in [5, 5.41) is 33.4. The first-order valence-corrected chi connectivity index (χ1v) is 13.8. The number of rotatable bonds is 10. The van der Waals surface area contributed by atoms with E-state index in [-0.39, 0.29) is 35.3 Å². The highest BCUT2D eigenvalue weighted by atomic mass is 19.1. The molecule has 1 aliphatic rings. The zero-order valence-corrected chi connectivity index (χ0v) is 23.9. The molecule has 2 atom stereocenters. The van der Waals surface area contributed by atoms with Crippen LogP contribution in [0.4, 0.5) is 20.2 Å². The molecule has 4 rings (SSSR count). The first-order valence-electron chi connectivity index (χ1n) is 13.8. The molecule has 0 aliphatic heterocycles. The van der Waals surface area contributed by atoms with Crippen molar-refractivity contribution in [3.05, 3.63) is 91.2 Å². The molecule has 5 N–H and O–H groups in total. The molecule has 2 unspecified atom stereocenters. The minimum absolute atomic E-state index is 0.00663. The molecule has 0 spiro atoms. The predicted octanol–water partition coefficient (Wildman–Crippen LogP) is 4.17. The van der Waals surface area contributed by atoms with Crippen molar-refractivity contribution >= 4 is 17.1 Å². The SMILES string of the molecule is CNc1c(NC(Cc2cc(F)cc(F)c2)C(O)CNC2(c3cccc(C(C)(C)C)c3)CCC(=NO)CC2)c(=O)c1=O. The number of oxime groups is 1. The van der Waals surface area contributed by atoms with Crippen LogP contribution in [0.15, 0.2) is 57.2 Å². The van der Waals surface area contributed by atoms with Crippen LogP contribution in [0.1, 0.15) is 63.1 Å². The van der Waals surface area contributed by atoms with E-state index in [0.717, 1.165) is 17.2 Å². The molecule has 3 aromatic rings. The van der Waals surface area contributed by atoms with Gasteiger partial charge in [0.05, 0.1) is 17.9 Å². The van der Waals surface area contributed by atoms with Crippen LogP contribution in [0.25, 0.3) is 0 Å². The van der Waals surface area contributed by atoms with Gasteiger partial charge >= 0.3 is 0 Å². The summed E-state index contributed by atoms with van der Waals surface area (Å²) in [6.07, 6.45) is 1.26. The Kier molecular flexibility index (Phi) is 8.94. The van der Waals surface area contributed by atoms with Gasteiger partial charge in [0.25, 0.3) is 10.9 Å². The third-order valence-electron chi connectivity index (χ3n) is 8.09. The normalized spacial score (nSPS) is 19.1. The minimum atomic E-state index is -1.12. The number of aliphatic hydroxyl groups is 1. The maximum atomic E-state index is 14.0. The zero-order valence-electron chi connectivity index (χ0n) is 23.9. The molecular weight excluding hydrogens is 530 g/mol. The molecule has 0 heterocycles. The fraction of sp³-hybridized carbons (Fsp3) is 0.452. The van der Waals surface area contributed by atoms with Crippen LogP contribution < -0.4 is 26.8 Å². The lowest BCUT2D eigenvalue weighted by molar-refractivity contribution is 0.127. The van der Waals surface area contributed by atoms with Crippen molar-refractivity contribution in [3.8, 4) is 0 Å². The maximum Gasteiger partial charge on any atom is 0.253 e. The maximum absolute atomic E-state index is 14.0. The summed E-state index contributed by atoms with van der Waals surface area (Å²) in [5.41, 5.74) is 1.34. The Morgan fingerprint density at radius 3 is 2.22 bits per heavy atom. The molecular formula is C31H38F2N4O4. The summed E-state index contributed by atoms with van der Waals surface area (Å²) in [4.78, 5) is 24.3. The summed E-state index contributed by atoms with van der Waals surface area (Å²) in [6, 6.07) is 10.6. The van der Waals surface area contributed by atoms with Gasteiger partial charge in [-0.1, -0.05) is 50.2 Å². The molecule has 3 aromatic carbocycles. The average molecular weight is 569 g/mol. The fourth-order valence-corrected chi connectivity index (χ4v) is 5.58. The van der Waals surface area contributed by atoms with Gasteiger partial charge < -0.3 is 26.3 Å². The molecule has 0 aromatic heterocycles. The molecule has 0 bridgehead atoms. The molecule has 0 saturated heterocycles. The highest BCUT2D eigenvalue weighted by molar-refractivity contribution is 5.85. The van der Waals surface area contributed by atoms with E-state index in [9.17, 15) is 28.7 Å². The smallest absolute Gasteiger partial charge is 0.253 e. The van der Waals surface area contributed by atoms with Gasteiger partial charge in [-0.2, -0.15) is 0 Å². The van der Waals surface area contributed by atoms with Crippen molar-refractivity contribution in [1.29, 1.82) is 0 Å². The summed E-state index contributed by atoms with van der Waals surface area (Å²) in [7, 11) is 1.51. The van der Waals surface area contributed by atoms with Crippen molar-refractivity contribution in [2.45, 2.75) is 76.0 Å². The highest BCUT2D eigenvalue weighted by Gasteiger charge is 2.37. The molecule has 1 aliphatic carbocycles. The Balaban J connectivity index is 1.63. The second kappa shape index (κ2) is 12.1. The van der Waals surface area contributed by atoms with Gasteiger partial charge in [-0.15, -0.1) is 0 Å². The zero-order chi connectivity index (χ0) is 29.9. The summed E-state index contributed by atoms with van der Waals surface area (Å²) >= 11 is 0. The van der Waals surface area contributed by atoms with Crippen molar-refractivity contribution in [2.24, 2.45) is 5.16 Å². The van der Waals surface area contributed by atoms with Crippen LogP contribution in [0.2, 0.25) is 0 Å². The summed E-state index contributed by atoms with van der Waals surface area (Å²) in [5.74, 6) is -1.50. The topological polar surface area (TPSA) is 123 Å². The second-order valence-electron chi connectivity index (χ2n) is 11.9. The Morgan fingerprint density at radius 2 is 1.63 bits per heavy atom. The highest BCUT2D eigenvalue weighted by Crippen LogP contribution is 2.38. The van der Waals surface area contributed by atoms with Crippen LogP contribution in [0.3, 0.4) is 0 Å². The minimum Gasteiger partial charge on any atom is -0.411 e. The van der Waals surface area contributed by atoms with E-state index >= 15 is 0 Å². The molecule has 8 nitrogen and oxygen atoms in total. The first kappa shape index (κ1) is 30.3. The molecule has 1 saturated carbocycles. The van der Waals surface area contributed by atoms with Crippen molar-refractivity contribution in [3.63, 3.8) is 0 Å². The number of nitrogens with one attached hydrogen (secondary N) is 3. The summed E-state index contributed by atoms with van der Waals surface area (Å²) < 4.78 is 27.9. The number of hydrogen-bond acceptors (Lipinski definition) is 8. The molecule has 220 valence electrons. The number of anilines is 2. The van der Waals surface area contributed by atoms with Gasteiger partial charge in [-0.3, -0.25) is 9.59 Å². The van der Waals surface area contributed by atoms with Crippen LogP contribution in [-0.4, -0.2) is 41.8 Å². The van der Waals surface area contributed by atoms with Crippen molar-refractivity contribution in [1.82, 2.24) is 5.32 Å². The number of halogens is 2. The largest absolute Gasteiger partial charge is 0.411 e. The lowest BCUT2D eigenvalue weighted by Crippen LogP contribution is -2.52. The van der Waals surface area contributed by atoms with Crippen LogP contribution in [0, 0.1) is 11.6 Å². The number of benzene rings is 2. The van der Waals surface area contributed by atoms with E-state index < -0.39 is 40.2 Å². The van der Waals surface area contributed by atoms with E-state index in [0.29, 0.717) is 31.4 Å². The average Bonchev–Trinajstić information content (AvgIpc) is 2.94. The molecule has 41 heavy (non-hydrogen) atoms. The van der Waals surface area contributed by atoms with E-state index in [1.807, 2.05) is 12.1 Å². The lowest BCUT2D eigenvalue weighted by atomic mass is 9.74. The number of hydrogen-bond donors (Lipinski definition) is 5. The number of nitrogens with zero attached hydrogens (tertiary/aromatic N) is 1.